The second-order valence-electron chi connectivity index (χ2n) is 12.5. The second-order valence-corrected chi connectivity index (χ2v) is 12.5. The molecule has 0 amide bonds. The van der Waals surface area contributed by atoms with Gasteiger partial charge < -0.3 is 0 Å². The van der Waals surface area contributed by atoms with E-state index in [1.165, 1.54) is 56.9 Å². The lowest BCUT2D eigenvalue weighted by molar-refractivity contribution is -0.117. The minimum atomic E-state index is 0.328. The summed E-state index contributed by atoms with van der Waals surface area (Å²) >= 11 is 0. The first-order valence-electron chi connectivity index (χ1n) is 12.9. The molecule has 1 nitrogen and oxygen atoms in total. The molecule has 0 N–H and O–H groups in total. The van der Waals surface area contributed by atoms with Crippen LogP contribution in [0, 0.1) is 52.3 Å². The number of hydrogen-bond acceptors (Lipinski definition) is 1. The summed E-state index contributed by atoms with van der Waals surface area (Å²) < 4.78 is 0. The number of carbonyl (C=O) groups excluding carboxylic acids is 1. The van der Waals surface area contributed by atoms with Gasteiger partial charge in [0.1, 0.15) is 0 Å². The Morgan fingerprint density at radius 2 is 1.69 bits per heavy atom. The van der Waals surface area contributed by atoms with Gasteiger partial charge in [-0.05, 0) is 103 Å². The number of carbonyl (C=O) groups is 1. The third-order valence-corrected chi connectivity index (χ3v) is 10.9. The van der Waals surface area contributed by atoms with E-state index in [2.05, 4.69) is 47.6 Å². The Kier molecular flexibility index (Phi) is 5.84. The maximum absolute atomic E-state index is 12.0. The molecule has 8 atom stereocenters. The number of allylic oxidation sites excluding steroid dienone is 1. The average molecular weight is 399 g/mol. The lowest BCUT2D eigenvalue weighted by Gasteiger charge is -2.58. The molecular weight excluding hydrogens is 352 g/mol. The smallest absolute Gasteiger partial charge is 0.155 e. The zero-order chi connectivity index (χ0) is 21.0. The fraction of sp³-hybridized carbons (Fsp3) is 0.893. The highest BCUT2D eigenvalue weighted by molar-refractivity contribution is 5.91. The van der Waals surface area contributed by atoms with Crippen LogP contribution in [0.25, 0.3) is 0 Å². The van der Waals surface area contributed by atoms with Gasteiger partial charge in [-0.1, -0.05) is 60.0 Å². The van der Waals surface area contributed by atoms with Crippen molar-refractivity contribution in [3.05, 3.63) is 11.6 Å². The van der Waals surface area contributed by atoms with Crippen LogP contribution in [0.15, 0.2) is 11.6 Å². The summed E-state index contributed by atoms with van der Waals surface area (Å²) in [5.41, 5.74) is 2.42. The van der Waals surface area contributed by atoms with Crippen molar-refractivity contribution in [3.8, 4) is 0 Å². The van der Waals surface area contributed by atoms with Crippen molar-refractivity contribution < 1.29 is 4.79 Å². The number of hydrogen-bond donors (Lipinski definition) is 0. The Bertz CT molecular complexity index is 659. The summed E-state index contributed by atoms with van der Waals surface area (Å²) in [7, 11) is 0. The van der Waals surface area contributed by atoms with E-state index in [9.17, 15) is 4.79 Å². The molecule has 0 heterocycles. The molecule has 2 unspecified atom stereocenters. The van der Waals surface area contributed by atoms with Crippen molar-refractivity contribution in [2.24, 2.45) is 52.3 Å². The van der Waals surface area contributed by atoms with E-state index < -0.39 is 0 Å². The third-order valence-electron chi connectivity index (χ3n) is 10.9. The Morgan fingerprint density at radius 1 is 0.931 bits per heavy atom. The topological polar surface area (TPSA) is 17.1 Å². The quantitative estimate of drug-likeness (QED) is 0.461. The molecule has 0 aromatic carbocycles. The number of fused-ring (bicyclic) bond motifs is 5. The summed E-state index contributed by atoms with van der Waals surface area (Å²) in [6, 6.07) is 0. The molecule has 0 bridgehead atoms. The summed E-state index contributed by atoms with van der Waals surface area (Å²) in [6.07, 6.45) is 15.1. The van der Waals surface area contributed by atoms with E-state index in [4.69, 9.17) is 0 Å². The molecule has 4 aliphatic rings. The fourth-order valence-electron chi connectivity index (χ4n) is 8.59. The second kappa shape index (κ2) is 7.83. The Morgan fingerprint density at radius 3 is 2.41 bits per heavy atom. The zero-order valence-electron chi connectivity index (χ0n) is 20.1. The van der Waals surface area contributed by atoms with Crippen molar-refractivity contribution in [2.75, 3.05) is 0 Å². The van der Waals surface area contributed by atoms with Crippen LogP contribution in [0.1, 0.15) is 106 Å². The molecule has 4 rings (SSSR count). The largest absolute Gasteiger partial charge is 0.295 e. The molecule has 0 spiro atoms. The molecule has 1 heteroatoms. The summed E-state index contributed by atoms with van der Waals surface area (Å²) in [4.78, 5) is 12.0. The van der Waals surface area contributed by atoms with Crippen LogP contribution in [-0.4, -0.2) is 5.78 Å². The SMILES string of the molecule is CC(C)[C@H](C)CC[C@@H](C)[C@H]1CCC2[C@@H]3CCC4=CC(=O)CC[C@]4(C)C3CC[C@@]21C. The molecular formula is C28H46O. The van der Waals surface area contributed by atoms with E-state index in [1.807, 2.05) is 0 Å². The van der Waals surface area contributed by atoms with Gasteiger partial charge in [0.05, 0.1) is 0 Å². The summed E-state index contributed by atoms with van der Waals surface area (Å²) in [5.74, 6) is 6.57. The van der Waals surface area contributed by atoms with Crippen molar-refractivity contribution >= 4 is 5.78 Å². The first kappa shape index (κ1) is 21.6. The van der Waals surface area contributed by atoms with Crippen LogP contribution in [0.3, 0.4) is 0 Å². The molecule has 3 fully saturated rings. The van der Waals surface area contributed by atoms with Gasteiger partial charge in [0.2, 0.25) is 0 Å². The van der Waals surface area contributed by atoms with Crippen LogP contribution in [-0.2, 0) is 4.79 Å². The van der Waals surface area contributed by atoms with Crippen LogP contribution in [0.5, 0.6) is 0 Å². The summed E-state index contributed by atoms with van der Waals surface area (Å²) in [6.45, 7) is 15.0. The van der Waals surface area contributed by atoms with Gasteiger partial charge in [-0.15, -0.1) is 0 Å². The molecule has 0 saturated heterocycles. The first-order chi connectivity index (χ1) is 13.7. The molecule has 0 aliphatic heterocycles. The minimum Gasteiger partial charge on any atom is -0.295 e. The molecule has 0 radical (unpaired) electrons. The van der Waals surface area contributed by atoms with Crippen LogP contribution < -0.4 is 0 Å². The predicted molar refractivity (Wildman–Crippen MR) is 123 cm³/mol. The predicted octanol–water partition coefficient (Wildman–Crippen LogP) is 7.84. The first-order valence-corrected chi connectivity index (χ1v) is 12.9. The van der Waals surface area contributed by atoms with E-state index in [0.29, 0.717) is 16.6 Å². The number of ketones is 1. The zero-order valence-corrected chi connectivity index (χ0v) is 20.1. The normalized spacial score (nSPS) is 44.0. The highest BCUT2D eigenvalue weighted by Crippen LogP contribution is 2.67. The van der Waals surface area contributed by atoms with E-state index in [-0.39, 0.29) is 0 Å². The monoisotopic (exact) mass is 398 g/mol. The molecule has 164 valence electrons. The molecule has 29 heavy (non-hydrogen) atoms. The van der Waals surface area contributed by atoms with Crippen molar-refractivity contribution in [1.29, 1.82) is 0 Å². The highest BCUT2D eigenvalue weighted by atomic mass is 16.1. The minimum absolute atomic E-state index is 0.328. The van der Waals surface area contributed by atoms with Crippen molar-refractivity contribution in [3.63, 3.8) is 0 Å². The highest BCUT2D eigenvalue weighted by Gasteiger charge is 2.59. The standard InChI is InChI=1S/C28H46O/c1-18(2)19(3)7-8-20(4)24-11-12-25-23-10-9-21-17-22(29)13-15-27(21,5)26(23)14-16-28(24,25)6/h17-20,23-26H,7-16H2,1-6H3/t19-,20-,23+,24-,25?,26?,27+,28-/m1/s1. The lowest BCUT2D eigenvalue weighted by Crippen LogP contribution is -2.51. The van der Waals surface area contributed by atoms with Gasteiger partial charge in [-0.2, -0.15) is 0 Å². The fourth-order valence-corrected chi connectivity index (χ4v) is 8.59. The molecule has 4 aliphatic carbocycles. The van der Waals surface area contributed by atoms with E-state index >= 15 is 0 Å². The maximum atomic E-state index is 12.0. The Hall–Kier alpha value is -0.590. The average Bonchev–Trinajstić information content (AvgIpc) is 3.03. The van der Waals surface area contributed by atoms with Crippen LogP contribution in [0.2, 0.25) is 0 Å². The summed E-state index contributed by atoms with van der Waals surface area (Å²) in [5, 5.41) is 0. The van der Waals surface area contributed by atoms with Crippen molar-refractivity contribution in [2.45, 2.75) is 106 Å². The molecule has 0 aromatic heterocycles. The molecule has 0 aromatic rings. The van der Waals surface area contributed by atoms with Crippen molar-refractivity contribution in [1.82, 2.24) is 0 Å². The third kappa shape index (κ3) is 3.57. The van der Waals surface area contributed by atoms with Gasteiger partial charge in [-0.25, -0.2) is 0 Å². The van der Waals surface area contributed by atoms with Gasteiger partial charge in [-0.3, -0.25) is 4.79 Å². The van der Waals surface area contributed by atoms with Gasteiger partial charge in [0.15, 0.2) is 5.78 Å². The van der Waals surface area contributed by atoms with Gasteiger partial charge in [0, 0.05) is 6.42 Å². The van der Waals surface area contributed by atoms with Crippen LogP contribution in [0.4, 0.5) is 0 Å². The van der Waals surface area contributed by atoms with E-state index in [1.54, 1.807) is 0 Å². The Labute approximate surface area is 180 Å². The van der Waals surface area contributed by atoms with Crippen LogP contribution >= 0.6 is 0 Å². The van der Waals surface area contributed by atoms with E-state index in [0.717, 1.165) is 54.3 Å². The Balaban J connectivity index is 1.49. The van der Waals surface area contributed by atoms with Gasteiger partial charge in [0.25, 0.3) is 0 Å². The lowest BCUT2D eigenvalue weighted by atomic mass is 9.46. The molecule has 3 saturated carbocycles. The maximum Gasteiger partial charge on any atom is 0.155 e. The van der Waals surface area contributed by atoms with Gasteiger partial charge >= 0.3 is 0 Å². The number of rotatable bonds is 5.